The molecular formula is C24H23S+. The van der Waals surface area contributed by atoms with E-state index < -0.39 is 0 Å². The van der Waals surface area contributed by atoms with Gasteiger partial charge in [-0.3, -0.25) is 0 Å². The van der Waals surface area contributed by atoms with Crippen LogP contribution in [0, 0.1) is 0 Å². The fourth-order valence-electron chi connectivity index (χ4n) is 3.53. The molecule has 0 aliphatic carbocycles. The lowest BCUT2D eigenvalue weighted by molar-refractivity contribution is 1.33. The standard InChI is InChI=1S/C24H23S/c1-2-25(17-21-13-7-11-19-9-3-5-15-23(19)21)18-22-14-8-12-20-10-4-6-16-24(20)22/h3-16H,2,17-18H2,1H3/q+1. The molecule has 4 aromatic rings. The van der Waals surface area contributed by atoms with E-state index in [-0.39, 0.29) is 0 Å². The van der Waals surface area contributed by atoms with E-state index in [1.807, 2.05) is 0 Å². The highest BCUT2D eigenvalue weighted by molar-refractivity contribution is 7.95. The Bertz CT molecular complexity index is 911. The maximum atomic E-state index is 2.33. The molecule has 0 saturated carbocycles. The third kappa shape index (κ3) is 3.43. The second-order valence-electron chi connectivity index (χ2n) is 6.47. The predicted octanol–water partition coefficient (Wildman–Crippen LogP) is 6.33. The summed E-state index contributed by atoms with van der Waals surface area (Å²) in [5.41, 5.74) is 2.98. The van der Waals surface area contributed by atoms with Crippen molar-refractivity contribution in [3.05, 3.63) is 96.1 Å². The van der Waals surface area contributed by atoms with Crippen LogP contribution in [0.3, 0.4) is 0 Å². The van der Waals surface area contributed by atoms with Crippen LogP contribution < -0.4 is 0 Å². The van der Waals surface area contributed by atoms with Crippen molar-refractivity contribution < 1.29 is 0 Å². The Balaban J connectivity index is 1.64. The summed E-state index contributed by atoms with van der Waals surface area (Å²) in [4.78, 5) is 0. The molecule has 0 aromatic heterocycles. The highest BCUT2D eigenvalue weighted by atomic mass is 32.2. The number of benzene rings is 4. The Labute approximate surface area is 152 Å². The molecule has 0 amide bonds. The summed E-state index contributed by atoms with van der Waals surface area (Å²) in [6.07, 6.45) is 0. The number of hydrogen-bond acceptors (Lipinski definition) is 0. The summed E-state index contributed by atoms with van der Waals surface area (Å²) < 4.78 is 0. The van der Waals surface area contributed by atoms with Crippen LogP contribution in [0.5, 0.6) is 0 Å². The van der Waals surface area contributed by atoms with Crippen LogP contribution in [0.15, 0.2) is 84.9 Å². The first-order valence-corrected chi connectivity index (χ1v) is 10.7. The zero-order chi connectivity index (χ0) is 17.1. The van der Waals surface area contributed by atoms with Crippen molar-refractivity contribution >= 4 is 32.4 Å². The fraction of sp³-hybridized carbons (Fsp3) is 0.167. The summed E-state index contributed by atoms with van der Waals surface area (Å²) in [5.74, 6) is 3.56. The molecule has 1 heteroatoms. The zero-order valence-corrected chi connectivity index (χ0v) is 15.4. The van der Waals surface area contributed by atoms with Gasteiger partial charge >= 0.3 is 0 Å². The second-order valence-corrected chi connectivity index (χ2v) is 8.85. The van der Waals surface area contributed by atoms with Gasteiger partial charge < -0.3 is 0 Å². The maximum Gasteiger partial charge on any atom is 0.134 e. The monoisotopic (exact) mass is 343 g/mol. The molecule has 0 aliphatic rings. The van der Waals surface area contributed by atoms with Gasteiger partial charge in [0.15, 0.2) is 0 Å². The van der Waals surface area contributed by atoms with Crippen LogP contribution >= 0.6 is 0 Å². The van der Waals surface area contributed by atoms with E-state index >= 15 is 0 Å². The number of rotatable bonds is 5. The van der Waals surface area contributed by atoms with E-state index in [4.69, 9.17) is 0 Å². The quantitative estimate of drug-likeness (QED) is 0.371. The SMILES string of the molecule is CC[S+](Cc1cccc2ccccc12)Cc1cccc2ccccc12. The van der Waals surface area contributed by atoms with Gasteiger partial charge in [-0.15, -0.1) is 0 Å². The molecule has 0 nitrogen and oxygen atoms in total. The van der Waals surface area contributed by atoms with Crippen molar-refractivity contribution in [1.29, 1.82) is 0 Å². The van der Waals surface area contributed by atoms with Gasteiger partial charge in [-0.25, -0.2) is 0 Å². The van der Waals surface area contributed by atoms with Crippen LogP contribution in [-0.2, 0) is 22.4 Å². The first-order valence-electron chi connectivity index (χ1n) is 8.92. The minimum Gasteiger partial charge on any atom is -0.0616 e. The highest BCUT2D eigenvalue weighted by Crippen LogP contribution is 2.25. The van der Waals surface area contributed by atoms with Crippen molar-refractivity contribution in [3.63, 3.8) is 0 Å². The molecule has 124 valence electrons. The van der Waals surface area contributed by atoms with Gasteiger partial charge in [0, 0.05) is 11.1 Å². The van der Waals surface area contributed by atoms with E-state index in [1.54, 1.807) is 0 Å². The number of fused-ring (bicyclic) bond motifs is 2. The normalized spacial score (nSPS) is 11.4. The lowest BCUT2D eigenvalue weighted by atomic mass is 10.1. The van der Waals surface area contributed by atoms with Gasteiger partial charge in [0.05, 0.1) is 0 Å². The third-order valence-corrected chi connectivity index (χ3v) is 7.14. The van der Waals surface area contributed by atoms with Crippen LogP contribution in [-0.4, -0.2) is 5.75 Å². The molecule has 0 atom stereocenters. The average molecular weight is 344 g/mol. The Morgan fingerprint density at radius 1 is 0.560 bits per heavy atom. The molecule has 0 aliphatic heterocycles. The molecule has 4 aromatic carbocycles. The first kappa shape index (κ1) is 16.2. The molecule has 0 fully saturated rings. The maximum absolute atomic E-state index is 2.33. The fourth-order valence-corrected chi connectivity index (χ4v) is 5.43. The van der Waals surface area contributed by atoms with E-state index in [0.29, 0.717) is 10.9 Å². The largest absolute Gasteiger partial charge is 0.134 e. The lowest BCUT2D eigenvalue weighted by Crippen LogP contribution is -2.12. The Morgan fingerprint density at radius 2 is 1.00 bits per heavy atom. The Morgan fingerprint density at radius 3 is 1.48 bits per heavy atom. The third-order valence-electron chi connectivity index (χ3n) is 4.89. The molecule has 0 radical (unpaired) electrons. The number of hydrogen-bond donors (Lipinski definition) is 0. The van der Waals surface area contributed by atoms with Crippen LogP contribution in [0.1, 0.15) is 18.1 Å². The molecule has 4 rings (SSSR count). The van der Waals surface area contributed by atoms with E-state index in [1.165, 1.54) is 49.9 Å². The topological polar surface area (TPSA) is 0 Å². The van der Waals surface area contributed by atoms with Crippen LogP contribution in [0.4, 0.5) is 0 Å². The lowest BCUT2D eigenvalue weighted by Gasteiger charge is -2.11. The van der Waals surface area contributed by atoms with E-state index in [0.717, 1.165) is 0 Å². The molecule has 25 heavy (non-hydrogen) atoms. The smallest absolute Gasteiger partial charge is 0.0616 e. The average Bonchev–Trinajstić information content (AvgIpc) is 2.68. The van der Waals surface area contributed by atoms with Crippen molar-refractivity contribution in [1.82, 2.24) is 0 Å². The van der Waals surface area contributed by atoms with Crippen LogP contribution in [0.25, 0.3) is 21.5 Å². The minimum absolute atomic E-state index is 0.355. The van der Waals surface area contributed by atoms with Crippen LogP contribution in [0.2, 0.25) is 0 Å². The first-order chi connectivity index (χ1) is 12.3. The van der Waals surface area contributed by atoms with Gasteiger partial charge in [-0.05, 0) is 39.4 Å². The van der Waals surface area contributed by atoms with Crippen molar-refractivity contribution in [2.75, 3.05) is 5.75 Å². The molecule has 0 unspecified atom stereocenters. The molecule has 0 heterocycles. The predicted molar refractivity (Wildman–Crippen MR) is 113 cm³/mol. The van der Waals surface area contributed by atoms with Gasteiger partial charge in [0.25, 0.3) is 0 Å². The van der Waals surface area contributed by atoms with Gasteiger partial charge in [-0.2, -0.15) is 0 Å². The van der Waals surface area contributed by atoms with Crippen molar-refractivity contribution in [2.24, 2.45) is 0 Å². The Kier molecular flexibility index (Phi) is 4.76. The van der Waals surface area contributed by atoms with Crippen molar-refractivity contribution in [3.8, 4) is 0 Å². The molecule has 0 saturated heterocycles. The van der Waals surface area contributed by atoms with E-state index in [2.05, 4.69) is 91.9 Å². The molecule has 0 bridgehead atoms. The summed E-state index contributed by atoms with van der Waals surface area (Å²) in [7, 11) is 0.355. The summed E-state index contributed by atoms with van der Waals surface area (Å²) in [6, 6.07) is 31.0. The summed E-state index contributed by atoms with van der Waals surface area (Å²) in [5, 5.41) is 5.53. The van der Waals surface area contributed by atoms with Gasteiger partial charge in [-0.1, -0.05) is 84.9 Å². The Hall–Kier alpha value is -2.25. The van der Waals surface area contributed by atoms with Gasteiger partial charge in [0.1, 0.15) is 17.3 Å². The molecule has 0 N–H and O–H groups in total. The minimum atomic E-state index is 0.355. The van der Waals surface area contributed by atoms with Gasteiger partial charge in [0.2, 0.25) is 0 Å². The molecular weight excluding hydrogens is 320 g/mol. The molecule has 0 spiro atoms. The van der Waals surface area contributed by atoms with E-state index in [9.17, 15) is 0 Å². The summed E-state index contributed by atoms with van der Waals surface area (Å²) in [6.45, 7) is 2.33. The summed E-state index contributed by atoms with van der Waals surface area (Å²) >= 11 is 0. The highest BCUT2D eigenvalue weighted by Gasteiger charge is 2.19. The zero-order valence-electron chi connectivity index (χ0n) is 14.6. The van der Waals surface area contributed by atoms with Crippen molar-refractivity contribution in [2.45, 2.75) is 18.4 Å². The second kappa shape index (κ2) is 7.33.